The number of hydrogen-bond acceptors (Lipinski definition) is 3. The van der Waals surface area contributed by atoms with E-state index in [9.17, 15) is 14.0 Å². The van der Waals surface area contributed by atoms with Crippen LogP contribution >= 0.6 is 0 Å². The van der Waals surface area contributed by atoms with Crippen molar-refractivity contribution in [3.05, 3.63) is 41.5 Å². The van der Waals surface area contributed by atoms with Crippen LogP contribution in [-0.4, -0.2) is 26.8 Å². The van der Waals surface area contributed by atoms with Gasteiger partial charge in [-0.05, 0) is 51.0 Å². The Hall–Kier alpha value is -2.70. The molecule has 1 amide bonds. The van der Waals surface area contributed by atoms with E-state index in [1.54, 1.807) is 12.1 Å². The second-order valence-electron chi connectivity index (χ2n) is 6.12. The maximum absolute atomic E-state index is 14.4. The zero-order valence-corrected chi connectivity index (χ0v) is 13.4. The Kier molecular flexibility index (Phi) is 4.09. The van der Waals surface area contributed by atoms with Gasteiger partial charge in [-0.3, -0.25) is 9.59 Å². The maximum Gasteiger partial charge on any atom is 0.307 e. The average molecular weight is 331 g/mol. The largest absolute Gasteiger partial charge is 0.481 e. The first-order valence-electron chi connectivity index (χ1n) is 7.73. The lowest BCUT2D eigenvalue weighted by atomic mass is 9.73. The number of amides is 1. The highest BCUT2D eigenvalue weighted by atomic mass is 19.1. The molecule has 7 heteroatoms. The van der Waals surface area contributed by atoms with Gasteiger partial charge in [-0.25, -0.2) is 9.07 Å². The molecule has 0 aliphatic heterocycles. The molecule has 2 unspecified atom stereocenters. The minimum absolute atomic E-state index is 0.297. The molecule has 3 rings (SSSR count). The third-order valence-electron chi connectivity index (χ3n) is 4.38. The van der Waals surface area contributed by atoms with Crippen molar-refractivity contribution in [3.63, 3.8) is 0 Å². The SMILES string of the molecule is Cc1cc(C)n(-c2ccc(NC(=O)C3CCC3C(=O)O)cc2F)n1. The van der Waals surface area contributed by atoms with Crippen LogP contribution in [0.4, 0.5) is 10.1 Å². The van der Waals surface area contributed by atoms with Crippen LogP contribution in [0.3, 0.4) is 0 Å². The lowest BCUT2D eigenvalue weighted by molar-refractivity contribution is -0.151. The number of rotatable bonds is 4. The van der Waals surface area contributed by atoms with Crippen LogP contribution in [0.1, 0.15) is 24.2 Å². The summed E-state index contributed by atoms with van der Waals surface area (Å²) in [6, 6.07) is 6.19. The number of aliphatic carboxylic acids is 1. The number of carboxylic acids is 1. The van der Waals surface area contributed by atoms with E-state index in [-0.39, 0.29) is 5.91 Å². The molecule has 1 aromatic carbocycles. The molecule has 1 aliphatic rings. The van der Waals surface area contributed by atoms with Crippen LogP contribution in [0.15, 0.2) is 24.3 Å². The second kappa shape index (κ2) is 6.07. The molecule has 2 aromatic rings. The topological polar surface area (TPSA) is 84.2 Å². The first-order valence-corrected chi connectivity index (χ1v) is 7.73. The summed E-state index contributed by atoms with van der Waals surface area (Å²) in [4.78, 5) is 23.1. The van der Waals surface area contributed by atoms with Gasteiger partial charge in [0.25, 0.3) is 0 Å². The number of benzene rings is 1. The normalized spacial score (nSPS) is 19.6. The molecule has 0 radical (unpaired) electrons. The fourth-order valence-corrected chi connectivity index (χ4v) is 2.97. The summed E-state index contributed by atoms with van der Waals surface area (Å²) in [6.45, 7) is 3.66. The van der Waals surface area contributed by atoms with Crippen LogP contribution in [0, 0.1) is 31.5 Å². The summed E-state index contributed by atoms with van der Waals surface area (Å²) < 4.78 is 15.9. The van der Waals surface area contributed by atoms with Crippen molar-refractivity contribution in [1.82, 2.24) is 9.78 Å². The number of carbonyl (C=O) groups excluding carboxylic acids is 1. The van der Waals surface area contributed by atoms with Crippen LogP contribution in [0.25, 0.3) is 5.69 Å². The van der Waals surface area contributed by atoms with Gasteiger partial charge in [-0.2, -0.15) is 5.10 Å². The number of halogens is 1. The highest BCUT2D eigenvalue weighted by Gasteiger charge is 2.41. The van der Waals surface area contributed by atoms with Gasteiger partial charge < -0.3 is 10.4 Å². The van der Waals surface area contributed by atoms with Crippen molar-refractivity contribution >= 4 is 17.6 Å². The average Bonchev–Trinajstić information content (AvgIpc) is 2.75. The number of aromatic nitrogens is 2. The molecule has 1 fully saturated rings. The molecule has 0 bridgehead atoms. The smallest absolute Gasteiger partial charge is 0.307 e. The van der Waals surface area contributed by atoms with Gasteiger partial charge in [0.15, 0.2) is 5.82 Å². The number of hydrogen-bond donors (Lipinski definition) is 2. The van der Waals surface area contributed by atoms with E-state index >= 15 is 0 Å². The number of carboxylic acid groups (broad SMARTS) is 1. The first-order chi connectivity index (χ1) is 11.4. The lowest BCUT2D eigenvalue weighted by Crippen LogP contribution is -2.41. The third-order valence-corrected chi connectivity index (χ3v) is 4.38. The quantitative estimate of drug-likeness (QED) is 0.902. The van der Waals surface area contributed by atoms with Gasteiger partial charge in [0, 0.05) is 11.4 Å². The van der Waals surface area contributed by atoms with E-state index in [2.05, 4.69) is 10.4 Å². The van der Waals surface area contributed by atoms with E-state index in [4.69, 9.17) is 5.11 Å². The van der Waals surface area contributed by atoms with E-state index < -0.39 is 23.6 Å². The van der Waals surface area contributed by atoms with Crippen LogP contribution in [-0.2, 0) is 9.59 Å². The molecular formula is C17H18FN3O3. The van der Waals surface area contributed by atoms with Gasteiger partial charge in [0.2, 0.25) is 5.91 Å². The Bertz CT molecular complexity index is 815. The highest BCUT2D eigenvalue weighted by Crippen LogP contribution is 2.35. The fraction of sp³-hybridized carbons (Fsp3) is 0.353. The second-order valence-corrected chi connectivity index (χ2v) is 6.12. The molecule has 2 N–H and O–H groups in total. The summed E-state index contributed by atoms with van der Waals surface area (Å²) in [5.41, 5.74) is 2.19. The summed E-state index contributed by atoms with van der Waals surface area (Å²) in [5, 5.41) is 15.8. The molecule has 0 saturated heterocycles. The van der Waals surface area contributed by atoms with Crippen molar-refractivity contribution in [2.45, 2.75) is 26.7 Å². The fourth-order valence-electron chi connectivity index (χ4n) is 2.97. The number of carbonyl (C=O) groups is 2. The Labute approximate surface area is 138 Å². The molecule has 1 aliphatic carbocycles. The van der Waals surface area contributed by atoms with Gasteiger partial charge in [0.1, 0.15) is 5.69 Å². The molecule has 24 heavy (non-hydrogen) atoms. The first kappa shape index (κ1) is 16.2. The lowest BCUT2D eigenvalue weighted by Gasteiger charge is -2.31. The molecule has 1 aromatic heterocycles. The molecule has 6 nitrogen and oxygen atoms in total. The van der Waals surface area contributed by atoms with Crippen molar-refractivity contribution in [2.75, 3.05) is 5.32 Å². The number of aryl methyl sites for hydroxylation is 2. The summed E-state index contributed by atoms with van der Waals surface area (Å²) in [6.07, 6.45) is 1.04. The van der Waals surface area contributed by atoms with Gasteiger partial charge in [0.05, 0.1) is 17.5 Å². The number of anilines is 1. The van der Waals surface area contributed by atoms with Crippen molar-refractivity contribution in [3.8, 4) is 5.69 Å². The minimum Gasteiger partial charge on any atom is -0.481 e. The van der Waals surface area contributed by atoms with Crippen molar-refractivity contribution in [1.29, 1.82) is 0 Å². The van der Waals surface area contributed by atoms with E-state index in [1.807, 2.05) is 19.9 Å². The Morgan fingerprint density at radius 2 is 1.96 bits per heavy atom. The minimum atomic E-state index is -0.965. The molecule has 0 spiro atoms. The number of nitrogens with zero attached hydrogens (tertiary/aromatic N) is 2. The Morgan fingerprint density at radius 1 is 1.25 bits per heavy atom. The monoisotopic (exact) mass is 331 g/mol. The number of nitrogens with one attached hydrogen (secondary N) is 1. The van der Waals surface area contributed by atoms with Crippen molar-refractivity contribution in [2.24, 2.45) is 11.8 Å². The van der Waals surface area contributed by atoms with Crippen molar-refractivity contribution < 1.29 is 19.1 Å². The van der Waals surface area contributed by atoms with Crippen LogP contribution in [0.5, 0.6) is 0 Å². The van der Waals surface area contributed by atoms with Crippen LogP contribution in [0.2, 0.25) is 0 Å². The third kappa shape index (κ3) is 2.89. The molecule has 2 atom stereocenters. The predicted octanol–water partition coefficient (Wildman–Crippen LogP) is 2.68. The summed E-state index contributed by atoms with van der Waals surface area (Å²) in [7, 11) is 0. The maximum atomic E-state index is 14.4. The van der Waals surface area contributed by atoms with Gasteiger partial charge >= 0.3 is 5.97 Å². The van der Waals surface area contributed by atoms with E-state index in [0.29, 0.717) is 24.2 Å². The predicted molar refractivity (Wildman–Crippen MR) is 85.5 cm³/mol. The van der Waals surface area contributed by atoms with Crippen LogP contribution < -0.4 is 5.32 Å². The molecular weight excluding hydrogens is 313 g/mol. The van der Waals surface area contributed by atoms with E-state index in [0.717, 1.165) is 11.4 Å². The zero-order valence-electron chi connectivity index (χ0n) is 13.4. The molecule has 1 heterocycles. The van der Waals surface area contributed by atoms with Gasteiger partial charge in [-0.1, -0.05) is 0 Å². The summed E-state index contributed by atoms with van der Waals surface area (Å²) >= 11 is 0. The Morgan fingerprint density at radius 3 is 2.46 bits per heavy atom. The standard InChI is InChI=1S/C17H18FN3O3/c1-9-7-10(2)21(20-9)15-6-3-11(8-14(15)18)19-16(22)12-4-5-13(12)17(23)24/h3,6-8,12-13H,4-5H2,1-2H3,(H,19,22)(H,23,24). The van der Waals surface area contributed by atoms with Gasteiger partial charge in [-0.15, -0.1) is 0 Å². The Balaban J connectivity index is 1.77. The summed E-state index contributed by atoms with van der Waals surface area (Å²) in [5.74, 6) is -3.06. The highest BCUT2D eigenvalue weighted by molar-refractivity contribution is 5.96. The zero-order chi connectivity index (χ0) is 17.4. The molecule has 126 valence electrons. The van der Waals surface area contributed by atoms with E-state index in [1.165, 1.54) is 10.7 Å². The molecule has 1 saturated carbocycles.